The minimum atomic E-state index is 0.241. The van der Waals surface area contributed by atoms with Crippen LogP contribution in [0.15, 0.2) is 24.3 Å². The molecule has 1 nitrogen and oxygen atoms in total. The van der Waals surface area contributed by atoms with Crippen molar-refractivity contribution in [2.75, 3.05) is 6.54 Å². The van der Waals surface area contributed by atoms with E-state index in [1.54, 1.807) is 0 Å². The monoisotopic (exact) mass is 261 g/mol. The lowest BCUT2D eigenvalue weighted by Gasteiger charge is -2.22. The van der Waals surface area contributed by atoms with Crippen molar-refractivity contribution in [2.24, 2.45) is 5.92 Å². The van der Waals surface area contributed by atoms with Gasteiger partial charge in [-0.25, -0.2) is 0 Å². The molecule has 0 bridgehead atoms. The second-order valence-electron chi connectivity index (χ2n) is 6.68. The normalized spacial score (nSPS) is 13.8. The average molecular weight is 261 g/mol. The van der Waals surface area contributed by atoms with E-state index in [1.165, 1.54) is 24.0 Å². The Bertz CT molecular complexity index is 354. The van der Waals surface area contributed by atoms with Gasteiger partial charge in [0.25, 0.3) is 0 Å². The summed E-state index contributed by atoms with van der Waals surface area (Å²) in [7, 11) is 0. The highest BCUT2D eigenvalue weighted by Gasteiger charge is 2.14. The molecule has 1 atom stereocenters. The van der Waals surface area contributed by atoms with Crippen LogP contribution in [0.3, 0.4) is 0 Å². The Hall–Kier alpha value is -0.820. The van der Waals surface area contributed by atoms with Crippen LogP contribution in [0.1, 0.15) is 71.6 Å². The van der Waals surface area contributed by atoms with Gasteiger partial charge in [-0.1, -0.05) is 71.7 Å². The molecule has 0 fully saturated rings. The van der Waals surface area contributed by atoms with Gasteiger partial charge in [-0.15, -0.1) is 0 Å². The number of hydrogen-bond donors (Lipinski definition) is 1. The van der Waals surface area contributed by atoms with Crippen molar-refractivity contribution >= 4 is 0 Å². The Balaban J connectivity index is 2.60. The minimum absolute atomic E-state index is 0.241. The highest BCUT2D eigenvalue weighted by molar-refractivity contribution is 5.28. The van der Waals surface area contributed by atoms with Gasteiger partial charge in [0.15, 0.2) is 0 Å². The molecule has 0 saturated carbocycles. The quantitative estimate of drug-likeness (QED) is 0.753. The number of benzene rings is 1. The maximum absolute atomic E-state index is 3.66. The number of nitrogens with one attached hydrogen (secondary N) is 1. The first kappa shape index (κ1) is 16.2. The first-order valence-corrected chi connectivity index (χ1v) is 7.72. The number of hydrogen-bond acceptors (Lipinski definition) is 1. The van der Waals surface area contributed by atoms with Gasteiger partial charge in [-0.3, -0.25) is 0 Å². The van der Waals surface area contributed by atoms with Gasteiger partial charge < -0.3 is 5.32 Å². The van der Waals surface area contributed by atoms with Gasteiger partial charge >= 0.3 is 0 Å². The van der Waals surface area contributed by atoms with Crippen LogP contribution in [0.25, 0.3) is 0 Å². The topological polar surface area (TPSA) is 12.0 Å². The molecule has 1 unspecified atom stereocenters. The van der Waals surface area contributed by atoms with Crippen molar-refractivity contribution < 1.29 is 0 Å². The molecule has 1 heteroatoms. The summed E-state index contributed by atoms with van der Waals surface area (Å²) >= 11 is 0. The van der Waals surface area contributed by atoms with Crippen molar-refractivity contribution in [1.29, 1.82) is 0 Å². The van der Waals surface area contributed by atoms with Gasteiger partial charge in [0.1, 0.15) is 0 Å². The molecule has 0 spiro atoms. The summed E-state index contributed by atoms with van der Waals surface area (Å²) in [6.45, 7) is 14.7. The summed E-state index contributed by atoms with van der Waals surface area (Å²) in [6.07, 6.45) is 2.53. The third-order valence-corrected chi connectivity index (χ3v) is 4.14. The zero-order valence-electron chi connectivity index (χ0n) is 13.6. The SMILES string of the molecule is CCC(CC)CNC(C)c1ccc(C(C)(C)C)cc1. The van der Waals surface area contributed by atoms with E-state index >= 15 is 0 Å². The zero-order valence-corrected chi connectivity index (χ0v) is 13.6. The second kappa shape index (κ2) is 7.09. The molecule has 1 aromatic carbocycles. The Morgan fingerprint density at radius 3 is 1.95 bits per heavy atom. The lowest BCUT2D eigenvalue weighted by Crippen LogP contribution is -2.25. The molecular formula is C18H31N. The molecule has 0 radical (unpaired) electrons. The lowest BCUT2D eigenvalue weighted by atomic mass is 9.86. The molecule has 0 aromatic heterocycles. The van der Waals surface area contributed by atoms with Crippen molar-refractivity contribution in [3.05, 3.63) is 35.4 Å². The largest absolute Gasteiger partial charge is 0.310 e. The fourth-order valence-electron chi connectivity index (χ4n) is 2.31. The predicted octanol–water partition coefficient (Wildman–Crippen LogP) is 5.07. The van der Waals surface area contributed by atoms with Crippen LogP contribution in [0.2, 0.25) is 0 Å². The summed E-state index contributed by atoms with van der Waals surface area (Å²) in [5, 5.41) is 3.66. The number of rotatable bonds is 6. The molecule has 0 saturated heterocycles. The summed E-state index contributed by atoms with van der Waals surface area (Å²) in [5.41, 5.74) is 3.03. The summed E-state index contributed by atoms with van der Waals surface area (Å²) < 4.78 is 0. The van der Waals surface area contributed by atoms with E-state index in [4.69, 9.17) is 0 Å². The third kappa shape index (κ3) is 4.99. The van der Waals surface area contributed by atoms with Crippen LogP contribution in [0.5, 0.6) is 0 Å². The van der Waals surface area contributed by atoms with Gasteiger partial charge in [0, 0.05) is 6.04 Å². The smallest absolute Gasteiger partial charge is 0.0291 e. The fourth-order valence-corrected chi connectivity index (χ4v) is 2.31. The molecule has 0 aliphatic rings. The first-order chi connectivity index (χ1) is 8.88. The van der Waals surface area contributed by atoms with Gasteiger partial charge in [-0.05, 0) is 35.9 Å². The molecule has 0 aliphatic heterocycles. The molecule has 19 heavy (non-hydrogen) atoms. The van der Waals surface area contributed by atoms with E-state index < -0.39 is 0 Å². The Labute approximate surface area is 119 Å². The molecule has 108 valence electrons. The Morgan fingerprint density at radius 1 is 1.00 bits per heavy atom. The predicted molar refractivity (Wildman–Crippen MR) is 85.6 cm³/mol. The Morgan fingerprint density at radius 2 is 1.53 bits per heavy atom. The summed E-state index contributed by atoms with van der Waals surface area (Å²) in [4.78, 5) is 0. The van der Waals surface area contributed by atoms with Crippen LogP contribution in [0, 0.1) is 5.92 Å². The maximum atomic E-state index is 3.66. The lowest BCUT2D eigenvalue weighted by molar-refractivity contribution is 0.422. The van der Waals surface area contributed by atoms with Crippen molar-refractivity contribution in [1.82, 2.24) is 5.32 Å². The zero-order chi connectivity index (χ0) is 14.5. The fraction of sp³-hybridized carbons (Fsp3) is 0.667. The van der Waals surface area contributed by atoms with Gasteiger partial charge in [-0.2, -0.15) is 0 Å². The summed E-state index contributed by atoms with van der Waals surface area (Å²) in [6, 6.07) is 9.51. The van der Waals surface area contributed by atoms with E-state index in [0.717, 1.165) is 12.5 Å². The van der Waals surface area contributed by atoms with E-state index in [9.17, 15) is 0 Å². The van der Waals surface area contributed by atoms with Crippen molar-refractivity contribution in [3.63, 3.8) is 0 Å². The first-order valence-electron chi connectivity index (χ1n) is 7.72. The van der Waals surface area contributed by atoms with Gasteiger partial charge in [0.2, 0.25) is 0 Å². The molecule has 0 amide bonds. The second-order valence-corrected chi connectivity index (χ2v) is 6.68. The van der Waals surface area contributed by atoms with Crippen LogP contribution < -0.4 is 5.32 Å². The standard InChI is InChI=1S/C18H31N/c1-7-15(8-2)13-19-14(3)16-9-11-17(12-10-16)18(4,5)6/h9-12,14-15,19H,7-8,13H2,1-6H3. The maximum Gasteiger partial charge on any atom is 0.0291 e. The minimum Gasteiger partial charge on any atom is -0.310 e. The van der Waals surface area contributed by atoms with Crippen LogP contribution in [-0.4, -0.2) is 6.54 Å². The van der Waals surface area contributed by atoms with E-state index in [1.807, 2.05) is 0 Å². The molecule has 0 aliphatic carbocycles. The molecule has 1 rings (SSSR count). The molecule has 1 N–H and O–H groups in total. The highest BCUT2D eigenvalue weighted by atomic mass is 14.9. The van der Waals surface area contributed by atoms with E-state index in [-0.39, 0.29) is 5.41 Å². The van der Waals surface area contributed by atoms with E-state index in [0.29, 0.717) is 6.04 Å². The average Bonchev–Trinajstić information content (AvgIpc) is 2.39. The van der Waals surface area contributed by atoms with Crippen molar-refractivity contribution in [2.45, 2.75) is 65.8 Å². The van der Waals surface area contributed by atoms with E-state index in [2.05, 4.69) is 71.1 Å². The third-order valence-electron chi connectivity index (χ3n) is 4.14. The van der Waals surface area contributed by atoms with Crippen LogP contribution >= 0.6 is 0 Å². The highest BCUT2D eigenvalue weighted by Crippen LogP contribution is 2.24. The van der Waals surface area contributed by atoms with Gasteiger partial charge in [0.05, 0.1) is 0 Å². The summed E-state index contributed by atoms with van der Waals surface area (Å²) in [5.74, 6) is 0.802. The molecular weight excluding hydrogens is 230 g/mol. The molecule has 0 heterocycles. The van der Waals surface area contributed by atoms with Crippen molar-refractivity contribution in [3.8, 4) is 0 Å². The van der Waals surface area contributed by atoms with Crippen LogP contribution in [0.4, 0.5) is 0 Å². The Kier molecular flexibility index (Phi) is 6.06. The molecule has 1 aromatic rings. The van der Waals surface area contributed by atoms with Crippen LogP contribution in [-0.2, 0) is 5.41 Å².